The van der Waals surface area contributed by atoms with Crippen molar-refractivity contribution in [2.45, 2.75) is 10.6 Å². The minimum absolute atomic E-state index is 0.0281. The summed E-state index contributed by atoms with van der Waals surface area (Å²) in [7, 11) is -1.58. The predicted octanol–water partition coefficient (Wildman–Crippen LogP) is 3.00. The van der Waals surface area contributed by atoms with Crippen LogP contribution in [0.4, 0.5) is 14.5 Å². The number of hydrogen-bond donors (Lipinski definition) is 1. The van der Waals surface area contributed by atoms with Crippen LogP contribution in [0.1, 0.15) is 5.89 Å². The quantitative estimate of drug-likeness (QED) is 0.755. The van der Waals surface area contributed by atoms with Crippen molar-refractivity contribution in [3.05, 3.63) is 53.9 Å². The van der Waals surface area contributed by atoms with Crippen molar-refractivity contribution in [2.75, 3.05) is 5.73 Å². The number of anilines is 1. The molecule has 0 spiro atoms. The van der Waals surface area contributed by atoms with Gasteiger partial charge in [0.25, 0.3) is 0 Å². The summed E-state index contributed by atoms with van der Waals surface area (Å²) in [5.41, 5.74) is 7.27. The zero-order valence-electron chi connectivity index (χ0n) is 10.7. The number of oxazole rings is 1. The van der Waals surface area contributed by atoms with Gasteiger partial charge in [0.1, 0.15) is 11.3 Å². The summed E-state index contributed by atoms with van der Waals surface area (Å²) >= 11 is 0. The number of nitrogens with zero attached hydrogens (tertiary/aromatic N) is 1. The lowest BCUT2D eigenvalue weighted by Crippen LogP contribution is -1.98. The molecule has 1 atom stereocenters. The Balaban J connectivity index is 1.87. The lowest BCUT2D eigenvalue weighted by molar-refractivity contribution is 0.505. The fraction of sp³-hybridized carbons (Fsp3) is 0.0714. The van der Waals surface area contributed by atoms with Gasteiger partial charge in [-0.15, -0.1) is 0 Å². The van der Waals surface area contributed by atoms with Crippen molar-refractivity contribution in [3.8, 4) is 0 Å². The SMILES string of the molecule is Nc1ccc2oc(CS(=O)c3ccc(F)c(F)c3)nc2c1. The third kappa shape index (κ3) is 2.78. The maximum absolute atomic E-state index is 13.1. The van der Waals surface area contributed by atoms with Crippen LogP contribution in [0.3, 0.4) is 0 Å². The van der Waals surface area contributed by atoms with Crippen LogP contribution in [-0.2, 0) is 16.6 Å². The summed E-state index contributed by atoms with van der Waals surface area (Å²) in [6, 6.07) is 8.10. The predicted molar refractivity (Wildman–Crippen MR) is 74.9 cm³/mol. The average Bonchev–Trinajstić information content (AvgIpc) is 2.83. The third-order valence-electron chi connectivity index (χ3n) is 2.86. The molecule has 7 heteroatoms. The molecule has 0 radical (unpaired) electrons. The van der Waals surface area contributed by atoms with Gasteiger partial charge >= 0.3 is 0 Å². The van der Waals surface area contributed by atoms with Crippen LogP contribution in [0.15, 0.2) is 45.7 Å². The summed E-state index contributed by atoms with van der Waals surface area (Å²) < 4.78 is 43.5. The van der Waals surface area contributed by atoms with E-state index in [1.54, 1.807) is 18.2 Å². The summed E-state index contributed by atoms with van der Waals surface area (Å²) in [6.45, 7) is 0. The molecule has 0 saturated heterocycles. The van der Waals surface area contributed by atoms with Crippen LogP contribution in [-0.4, -0.2) is 9.19 Å². The molecule has 21 heavy (non-hydrogen) atoms. The Hall–Kier alpha value is -2.28. The number of hydrogen-bond acceptors (Lipinski definition) is 4. The maximum Gasteiger partial charge on any atom is 0.208 e. The van der Waals surface area contributed by atoms with Gasteiger partial charge in [-0.05, 0) is 36.4 Å². The number of nitrogens with two attached hydrogens (primary N) is 1. The first-order valence-electron chi connectivity index (χ1n) is 6.01. The number of fused-ring (bicyclic) bond motifs is 1. The molecule has 1 heterocycles. The van der Waals surface area contributed by atoms with Crippen LogP contribution in [0.25, 0.3) is 11.1 Å². The minimum Gasteiger partial charge on any atom is -0.440 e. The van der Waals surface area contributed by atoms with E-state index in [0.717, 1.165) is 12.1 Å². The van der Waals surface area contributed by atoms with Crippen molar-refractivity contribution in [1.82, 2.24) is 4.98 Å². The van der Waals surface area contributed by atoms with Gasteiger partial charge in [0, 0.05) is 10.6 Å². The molecular weight excluding hydrogens is 298 g/mol. The van der Waals surface area contributed by atoms with Crippen molar-refractivity contribution in [3.63, 3.8) is 0 Å². The molecule has 0 fully saturated rings. The van der Waals surface area contributed by atoms with Gasteiger partial charge in [-0.25, -0.2) is 13.8 Å². The Morgan fingerprint density at radius 1 is 1.14 bits per heavy atom. The number of halogens is 2. The first-order chi connectivity index (χ1) is 10.0. The molecule has 3 aromatic rings. The topological polar surface area (TPSA) is 69.1 Å². The van der Waals surface area contributed by atoms with Crippen molar-refractivity contribution in [2.24, 2.45) is 0 Å². The molecule has 1 unspecified atom stereocenters. The van der Waals surface area contributed by atoms with E-state index in [1.807, 2.05) is 0 Å². The molecule has 3 rings (SSSR count). The third-order valence-corrected chi connectivity index (χ3v) is 4.15. The van der Waals surface area contributed by atoms with Gasteiger partial charge < -0.3 is 10.2 Å². The summed E-state index contributed by atoms with van der Waals surface area (Å²) in [5, 5.41) is 0. The van der Waals surface area contributed by atoms with E-state index in [0.29, 0.717) is 16.8 Å². The summed E-state index contributed by atoms with van der Waals surface area (Å²) in [5.74, 6) is -1.79. The molecule has 2 aromatic carbocycles. The Bertz CT molecular complexity index is 848. The zero-order valence-corrected chi connectivity index (χ0v) is 11.5. The highest BCUT2D eigenvalue weighted by atomic mass is 32.2. The van der Waals surface area contributed by atoms with E-state index in [2.05, 4.69) is 4.98 Å². The smallest absolute Gasteiger partial charge is 0.208 e. The molecule has 0 saturated carbocycles. The van der Waals surface area contributed by atoms with Gasteiger partial charge in [0.05, 0.1) is 10.8 Å². The summed E-state index contributed by atoms with van der Waals surface area (Å²) in [4.78, 5) is 4.35. The molecule has 4 nitrogen and oxygen atoms in total. The molecule has 2 N–H and O–H groups in total. The zero-order chi connectivity index (χ0) is 15.0. The van der Waals surface area contributed by atoms with E-state index in [-0.39, 0.29) is 16.5 Å². The Morgan fingerprint density at radius 2 is 1.95 bits per heavy atom. The molecule has 0 aliphatic rings. The van der Waals surface area contributed by atoms with Crippen molar-refractivity contribution in [1.29, 1.82) is 0 Å². The van der Waals surface area contributed by atoms with E-state index >= 15 is 0 Å². The van der Waals surface area contributed by atoms with Crippen molar-refractivity contribution < 1.29 is 17.4 Å². The normalized spacial score (nSPS) is 12.7. The molecule has 0 aliphatic carbocycles. The fourth-order valence-corrected chi connectivity index (χ4v) is 2.84. The number of nitrogen functional groups attached to an aromatic ring is 1. The largest absolute Gasteiger partial charge is 0.440 e. The fourth-order valence-electron chi connectivity index (χ4n) is 1.87. The second kappa shape index (κ2) is 5.25. The van der Waals surface area contributed by atoms with Gasteiger partial charge in [-0.1, -0.05) is 0 Å². The van der Waals surface area contributed by atoms with Crippen molar-refractivity contribution >= 4 is 27.6 Å². The molecule has 0 bridgehead atoms. The number of aromatic nitrogens is 1. The second-order valence-electron chi connectivity index (χ2n) is 4.40. The lowest BCUT2D eigenvalue weighted by atomic mass is 10.3. The van der Waals surface area contributed by atoms with E-state index in [4.69, 9.17) is 10.2 Å². The number of benzene rings is 2. The highest BCUT2D eigenvalue weighted by molar-refractivity contribution is 7.84. The van der Waals surface area contributed by atoms with Gasteiger partial charge in [0.15, 0.2) is 17.2 Å². The lowest BCUT2D eigenvalue weighted by Gasteiger charge is -2.00. The van der Waals surface area contributed by atoms with E-state index in [1.165, 1.54) is 6.07 Å². The van der Waals surface area contributed by atoms with E-state index < -0.39 is 22.4 Å². The van der Waals surface area contributed by atoms with Gasteiger partial charge in [0.2, 0.25) is 5.89 Å². The first-order valence-corrected chi connectivity index (χ1v) is 7.33. The highest BCUT2D eigenvalue weighted by Crippen LogP contribution is 2.21. The first kappa shape index (κ1) is 13.7. The second-order valence-corrected chi connectivity index (χ2v) is 5.85. The average molecular weight is 308 g/mol. The van der Waals surface area contributed by atoms with Crippen LogP contribution in [0, 0.1) is 11.6 Å². The highest BCUT2D eigenvalue weighted by Gasteiger charge is 2.13. The van der Waals surface area contributed by atoms with Gasteiger partial charge in [-0.3, -0.25) is 4.21 Å². The minimum atomic E-state index is -1.58. The monoisotopic (exact) mass is 308 g/mol. The standard InChI is InChI=1S/C14H10F2N2O2S/c15-10-3-2-9(6-11(10)16)21(19)7-14-18-12-5-8(17)1-4-13(12)20-14/h1-6H,7,17H2. The molecule has 1 aromatic heterocycles. The Morgan fingerprint density at radius 3 is 2.71 bits per heavy atom. The number of rotatable bonds is 3. The van der Waals surface area contributed by atoms with Crippen LogP contribution in [0.2, 0.25) is 0 Å². The maximum atomic E-state index is 13.1. The Labute approximate surface area is 121 Å². The molecule has 0 aliphatic heterocycles. The Kier molecular flexibility index (Phi) is 3.42. The molecule has 0 amide bonds. The molecular formula is C14H10F2N2O2S. The van der Waals surface area contributed by atoms with Gasteiger partial charge in [-0.2, -0.15) is 0 Å². The van der Waals surface area contributed by atoms with Crippen LogP contribution in [0.5, 0.6) is 0 Å². The van der Waals surface area contributed by atoms with Crippen LogP contribution < -0.4 is 5.73 Å². The summed E-state index contributed by atoms with van der Waals surface area (Å²) in [6.07, 6.45) is 0. The molecule has 108 valence electrons. The van der Waals surface area contributed by atoms with Crippen LogP contribution >= 0.6 is 0 Å². The van der Waals surface area contributed by atoms with E-state index in [9.17, 15) is 13.0 Å².